The van der Waals surface area contributed by atoms with E-state index in [1.165, 1.54) is 11.3 Å². The van der Waals surface area contributed by atoms with E-state index >= 15 is 0 Å². The number of amides is 2. The average Bonchev–Trinajstić information content (AvgIpc) is 3.16. The van der Waals surface area contributed by atoms with Crippen molar-refractivity contribution in [2.75, 3.05) is 5.32 Å². The first-order valence-corrected chi connectivity index (χ1v) is 10.9. The van der Waals surface area contributed by atoms with E-state index in [-0.39, 0.29) is 30.2 Å². The maximum absolute atomic E-state index is 12.7. The molecule has 0 bridgehead atoms. The number of hydrogen-bond donors (Lipinski definition) is 2. The molecule has 1 atom stereocenters. The van der Waals surface area contributed by atoms with E-state index in [0.717, 1.165) is 11.3 Å². The highest BCUT2D eigenvalue weighted by atomic mass is 35.5. The van der Waals surface area contributed by atoms with Crippen LogP contribution in [0.2, 0.25) is 5.02 Å². The summed E-state index contributed by atoms with van der Waals surface area (Å²) in [6.07, 6.45) is 2.42. The summed E-state index contributed by atoms with van der Waals surface area (Å²) in [4.78, 5) is 33.2. The standard InChI is InChI=1S/C22H23ClN4O2S/c1-14(2)21(29)27-22-25-17(13-30-22)12-20(28)26-19(18-5-3-4-10-24-18)11-15-6-8-16(23)9-7-15/h3-10,13-14,19H,11-12H2,1-2H3,(H,26,28)(H,25,27,29)/t19-/m0/s1. The first-order chi connectivity index (χ1) is 14.4. The van der Waals surface area contributed by atoms with Crippen LogP contribution in [0.25, 0.3) is 0 Å². The van der Waals surface area contributed by atoms with Crippen molar-refractivity contribution in [2.45, 2.75) is 32.7 Å². The molecule has 2 aromatic heterocycles. The highest BCUT2D eigenvalue weighted by Crippen LogP contribution is 2.20. The zero-order valence-corrected chi connectivity index (χ0v) is 18.3. The molecule has 0 aliphatic heterocycles. The van der Waals surface area contributed by atoms with Crippen LogP contribution in [-0.4, -0.2) is 21.8 Å². The first-order valence-electron chi connectivity index (χ1n) is 9.60. The highest BCUT2D eigenvalue weighted by molar-refractivity contribution is 7.13. The second-order valence-electron chi connectivity index (χ2n) is 7.17. The summed E-state index contributed by atoms with van der Waals surface area (Å²) >= 11 is 7.28. The van der Waals surface area contributed by atoms with Gasteiger partial charge in [0.15, 0.2) is 5.13 Å². The molecule has 0 fully saturated rings. The highest BCUT2D eigenvalue weighted by Gasteiger charge is 2.18. The van der Waals surface area contributed by atoms with Crippen LogP contribution in [0.5, 0.6) is 0 Å². The fourth-order valence-electron chi connectivity index (χ4n) is 2.77. The zero-order valence-electron chi connectivity index (χ0n) is 16.8. The lowest BCUT2D eigenvalue weighted by molar-refractivity contribution is -0.121. The SMILES string of the molecule is CC(C)C(=O)Nc1nc(CC(=O)N[C@@H](Cc2ccc(Cl)cc2)c2ccccn2)cs1. The van der Waals surface area contributed by atoms with Crippen LogP contribution in [0.15, 0.2) is 54.0 Å². The van der Waals surface area contributed by atoms with E-state index in [0.29, 0.717) is 22.3 Å². The molecule has 0 unspecified atom stereocenters. The molecule has 3 aromatic rings. The number of carbonyl (C=O) groups is 2. The van der Waals surface area contributed by atoms with Crippen LogP contribution in [-0.2, 0) is 22.4 Å². The molecule has 2 amide bonds. The van der Waals surface area contributed by atoms with Crippen LogP contribution in [0.3, 0.4) is 0 Å². The van der Waals surface area contributed by atoms with Crippen molar-refractivity contribution in [3.8, 4) is 0 Å². The monoisotopic (exact) mass is 442 g/mol. The normalized spacial score (nSPS) is 11.9. The van der Waals surface area contributed by atoms with Gasteiger partial charge in [-0.3, -0.25) is 14.6 Å². The van der Waals surface area contributed by atoms with Crippen LogP contribution >= 0.6 is 22.9 Å². The van der Waals surface area contributed by atoms with Crippen LogP contribution in [0.4, 0.5) is 5.13 Å². The number of hydrogen-bond acceptors (Lipinski definition) is 5. The Bertz CT molecular complexity index is 990. The van der Waals surface area contributed by atoms with Crippen molar-refractivity contribution in [3.63, 3.8) is 0 Å². The number of benzene rings is 1. The van der Waals surface area contributed by atoms with Gasteiger partial charge in [-0.2, -0.15) is 0 Å². The van der Waals surface area contributed by atoms with Gasteiger partial charge in [0.1, 0.15) is 0 Å². The third-order valence-corrected chi connectivity index (χ3v) is 5.44. The Morgan fingerprint density at radius 2 is 1.90 bits per heavy atom. The Balaban J connectivity index is 1.67. The number of thiazole rings is 1. The number of nitrogens with one attached hydrogen (secondary N) is 2. The van der Waals surface area contributed by atoms with Gasteiger partial charge in [0.2, 0.25) is 11.8 Å². The third kappa shape index (κ3) is 6.37. The van der Waals surface area contributed by atoms with Crippen molar-refractivity contribution in [1.82, 2.24) is 15.3 Å². The second kappa shape index (κ2) is 10.3. The molecule has 0 radical (unpaired) electrons. The fourth-order valence-corrected chi connectivity index (χ4v) is 3.61. The van der Waals surface area contributed by atoms with Gasteiger partial charge in [0.05, 0.1) is 23.9 Å². The maximum Gasteiger partial charge on any atom is 0.228 e. The molecule has 8 heteroatoms. The van der Waals surface area contributed by atoms with E-state index in [2.05, 4.69) is 20.6 Å². The van der Waals surface area contributed by atoms with Crippen LogP contribution in [0, 0.1) is 5.92 Å². The van der Waals surface area contributed by atoms with Crippen LogP contribution in [0.1, 0.15) is 36.8 Å². The lowest BCUT2D eigenvalue weighted by Gasteiger charge is -2.18. The Kier molecular flexibility index (Phi) is 7.54. The van der Waals surface area contributed by atoms with Crippen molar-refractivity contribution < 1.29 is 9.59 Å². The van der Waals surface area contributed by atoms with Gasteiger partial charge in [-0.1, -0.05) is 43.6 Å². The van der Waals surface area contributed by atoms with E-state index in [1.54, 1.807) is 11.6 Å². The molecule has 156 valence electrons. The number of carbonyl (C=O) groups excluding carboxylic acids is 2. The zero-order chi connectivity index (χ0) is 21.5. The molecule has 0 aliphatic carbocycles. The smallest absolute Gasteiger partial charge is 0.228 e. The summed E-state index contributed by atoms with van der Waals surface area (Å²) in [6.45, 7) is 3.63. The predicted molar refractivity (Wildman–Crippen MR) is 120 cm³/mol. The number of aromatic nitrogens is 2. The Labute approximate surface area is 184 Å². The molecule has 2 heterocycles. The number of nitrogens with zero attached hydrogens (tertiary/aromatic N) is 2. The van der Waals surface area contributed by atoms with Gasteiger partial charge in [-0.05, 0) is 36.2 Å². The molecule has 6 nitrogen and oxygen atoms in total. The Morgan fingerprint density at radius 1 is 1.13 bits per heavy atom. The van der Waals surface area contributed by atoms with Crippen LogP contribution < -0.4 is 10.6 Å². The number of anilines is 1. The van der Waals surface area contributed by atoms with E-state index < -0.39 is 0 Å². The molecule has 30 heavy (non-hydrogen) atoms. The number of rotatable bonds is 8. The minimum absolute atomic E-state index is 0.0986. The van der Waals surface area contributed by atoms with E-state index in [4.69, 9.17) is 11.6 Å². The minimum atomic E-state index is -0.279. The number of pyridine rings is 1. The Morgan fingerprint density at radius 3 is 2.57 bits per heavy atom. The van der Waals surface area contributed by atoms with Gasteiger partial charge < -0.3 is 10.6 Å². The molecule has 2 N–H and O–H groups in total. The summed E-state index contributed by atoms with van der Waals surface area (Å²) in [7, 11) is 0. The maximum atomic E-state index is 12.7. The molecular formula is C22H23ClN4O2S. The van der Waals surface area contributed by atoms with Crippen molar-refractivity contribution >= 4 is 39.9 Å². The second-order valence-corrected chi connectivity index (χ2v) is 8.46. The molecule has 0 spiro atoms. The first kappa shape index (κ1) is 21.9. The molecule has 3 rings (SSSR count). The molecule has 0 saturated carbocycles. The van der Waals surface area contributed by atoms with E-state index in [1.807, 2.05) is 56.3 Å². The van der Waals surface area contributed by atoms with Crippen molar-refractivity contribution in [3.05, 3.63) is 76.0 Å². The van der Waals surface area contributed by atoms with Gasteiger partial charge >= 0.3 is 0 Å². The summed E-state index contributed by atoms with van der Waals surface area (Å²) in [5.41, 5.74) is 2.44. The van der Waals surface area contributed by atoms with Crippen molar-refractivity contribution in [2.24, 2.45) is 5.92 Å². The van der Waals surface area contributed by atoms with Gasteiger partial charge in [0, 0.05) is 22.5 Å². The molecule has 0 saturated heterocycles. The minimum Gasteiger partial charge on any atom is -0.347 e. The van der Waals surface area contributed by atoms with E-state index in [9.17, 15) is 9.59 Å². The molecular weight excluding hydrogens is 420 g/mol. The summed E-state index contributed by atoms with van der Waals surface area (Å²) < 4.78 is 0. The number of halogens is 1. The average molecular weight is 443 g/mol. The summed E-state index contributed by atoms with van der Waals surface area (Å²) in [5.74, 6) is -0.391. The predicted octanol–water partition coefficient (Wildman–Crippen LogP) is 4.43. The third-order valence-electron chi connectivity index (χ3n) is 4.38. The topological polar surface area (TPSA) is 84.0 Å². The van der Waals surface area contributed by atoms with Gasteiger partial charge in [-0.25, -0.2) is 4.98 Å². The quantitative estimate of drug-likeness (QED) is 0.540. The summed E-state index contributed by atoms with van der Waals surface area (Å²) in [5, 5.41) is 8.76. The van der Waals surface area contributed by atoms with Gasteiger partial charge in [0.25, 0.3) is 0 Å². The fraction of sp³-hybridized carbons (Fsp3) is 0.273. The lowest BCUT2D eigenvalue weighted by Crippen LogP contribution is -2.31. The largest absolute Gasteiger partial charge is 0.347 e. The van der Waals surface area contributed by atoms with Crippen molar-refractivity contribution in [1.29, 1.82) is 0 Å². The summed E-state index contributed by atoms with van der Waals surface area (Å²) in [6, 6.07) is 12.9. The Hall–Kier alpha value is -2.77. The molecule has 0 aliphatic rings. The lowest BCUT2D eigenvalue weighted by atomic mass is 10.0. The molecule has 1 aromatic carbocycles. The van der Waals surface area contributed by atoms with Gasteiger partial charge in [-0.15, -0.1) is 11.3 Å².